The maximum Gasteiger partial charge on any atom is 0.335 e. The van der Waals surface area contributed by atoms with Crippen LogP contribution in [0.4, 0.5) is 0 Å². The van der Waals surface area contributed by atoms with Gasteiger partial charge in [-0.25, -0.2) is 4.79 Å². The number of hydrogen-bond donors (Lipinski definition) is 1. The second-order valence-electron chi connectivity index (χ2n) is 6.94. The van der Waals surface area contributed by atoms with Gasteiger partial charge < -0.3 is 4.84 Å². The molecule has 1 N–H and O–H groups in total. The number of fused-ring (bicyclic) bond motifs is 2. The highest BCUT2D eigenvalue weighted by Crippen LogP contribution is 2.27. The SMILES string of the molecule is CCCC(=O)O/N=C1\CCCc2[nH]nc(Cc3cccc4ccccc34)c21. The molecule has 1 heterocycles. The first-order valence-electron chi connectivity index (χ1n) is 9.56. The number of rotatable bonds is 5. The molecule has 5 nitrogen and oxygen atoms in total. The van der Waals surface area contributed by atoms with Crippen LogP contribution in [0.3, 0.4) is 0 Å². The minimum Gasteiger partial charge on any atom is -0.318 e. The molecule has 2 aromatic carbocycles. The molecule has 138 valence electrons. The van der Waals surface area contributed by atoms with Crippen molar-refractivity contribution in [1.82, 2.24) is 10.2 Å². The van der Waals surface area contributed by atoms with Crippen LogP contribution in [0.1, 0.15) is 55.1 Å². The number of hydrogen-bond acceptors (Lipinski definition) is 4. The van der Waals surface area contributed by atoms with Crippen LogP contribution in [0.5, 0.6) is 0 Å². The zero-order valence-electron chi connectivity index (χ0n) is 15.5. The van der Waals surface area contributed by atoms with E-state index in [9.17, 15) is 4.79 Å². The average molecular weight is 361 g/mol. The second kappa shape index (κ2) is 7.74. The summed E-state index contributed by atoms with van der Waals surface area (Å²) in [4.78, 5) is 16.8. The third kappa shape index (κ3) is 3.63. The zero-order valence-corrected chi connectivity index (χ0v) is 15.5. The summed E-state index contributed by atoms with van der Waals surface area (Å²) < 4.78 is 0. The number of carbonyl (C=O) groups excluding carboxylic acids is 1. The second-order valence-corrected chi connectivity index (χ2v) is 6.94. The van der Waals surface area contributed by atoms with Crippen molar-refractivity contribution in [3.05, 3.63) is 65.0 Å². The van der Waals surface area contributed by atoms with Gasteiger partial charge in [0, 0.05) is 24.1 Å². The summed E-state index contributed by atoms with van der Waals surface area (Å²) in [5.41, 5.74) is 5.13. The molecule has 0 radical (unpaired) electrons. The van der Waals surface area contributed by atoms with Gasteiger partial charge in [0.1, 0.15) is 0 Å². The van der Waals surface area contributed by atoms with Crippen molar-refractivity contribution < 1.29 is 9.63 Å². The highest BCUT2D eigenvalue weighted by molar-refractivity contribution is 6.03. The lowest BCUT2D eigenvalue weighted by atomic mass is 9.91. The van der Waals surface area contributed by atoms with Gasteiger partial charge in [-0.1, -0.05) is 54.5 Å². The molecule has 0 aliphatic heterocycles. The van der Waals surface area contributed by atoms with Gasteiger partial charge in [0.05, 0.1) is 11.4 Å². The summed E-state index contributed by atoms with van der Waals surface area (Å²) in [7, 11) is 0. The quantitative estimate of drug-likeness (QED) is 0.536. The normalized spacial score (nSPS) is 15.1. The van der Waals surface area contributed by atoms with Gasteiger partial charge in [-0.15, -0.1) is 0 Å². The molecule has 0 unspecified atom stereocenters. The van der Waals surface area contributed by atoms with E-state index in [-0.39, 0.29) is 5.97 Å². The van der Waals surface area contributed by atoms with Gasteiger partial charge in [0.2, 0.25) is 0 Å². The van der Waals surface area contributed by atoms with E-state index >= 15 is 0 Å². The number of carbonyl (C=O) groups is 1. The number of nitrogens with zero attached hydrogens (tertiary/aromatic N) is 2. The lowest BCUT2D eigenvalue weighted by molar-refractivity contribution is -0.143. The lowest BCUT2D eigenvalue weighted by Crippen LogP contribution is -2.14. The Kier molecular flexibility index (Phi) is 5.01. The molecule has 0 saturated heterocycles. The third-order valence-corrected chi connectivity index (χ3v) is 4.99. The highest BCUT2D eigenvalue weighted by Gasteiger charge is 2.24. The maximum atomic E-state index is 11.7. The molecule has 0 atom stereocenters. The van der Waals surface area contributed by atoms with Gasteiger partial charge in [-0.05, 0) is 42.0 Å². The van der Waals surface area contributed by atoms with E-state index in [1.165, 1.54) is 16.3 Å². The molecule has 0 saturated carbocycles. The van der Waals surface area contributed by atoms with Crippen molar-refractivity contribution in [3.63, 3.8) is 0 Å². The molecule has 5 heteroatoms. The number of benzene rings is 2. The summed E-state index contributed by atoms with van der Waals surface area (Å²) in [6, 6.07) is 14.7. The van der Waals surface area contributed by atoms with Crippen molar-refractivity contribution >= 4 is 22.5 Å². The molecule has 3 aromatic rings. The smallest absolute Gasteiger partial charge is 0.318 e. The molecular weight excluding hydrogens is 338 g/mol. The van der Waals surface area contributed by atoms with Crippen LogP contribution in [0.25, 0.3) is 10.8 Å². The first-order valence-corrected chi connectivity index (χ1v) is 9.56. The number of oxime groups is 1. The summed E-state index contributed by atoms with van der Waals surface area (Å²) in [5, 5.41) is 14.4. The Morgan fingerprint density at radius 3 is 2.93 bits per heavy atom. The molecule has 1 aromatic heterocycles. The van der Waals surface area contributed by atoms with E-state index in [2.05, 4.69) is 57.8 Å². The maximum absolute atomic E-state index is 11.7. The Morgan fingerprint density at radius 1 is 1.19 bits per heavy atom. The topological polar surface area (TPSA) is 67.3 Å². The van der Waals surface area contributed by atoms with E-state index in [1.54, 1.807) is 0 Å². The molecular formula is C22H23N3O2. The first kappa shape index (κ1) is 17.5. The Hall–Kier alpha value is -2.95. The Morgan fingerprint density at radius 2 is 2.04 bits per heavy atom. The van der Waals surface area contributed by atoms with Crippen molar-refractivity contribution in [3.8, 4) is 0 Å². The van der Waals surface area contributed by atoms with E-state index in [1.807, 2.05) is 6.92 Å². The van der Waals surface area contributed by atoms with Crippen LogP contribution in [0, 0.1) is 0 Å². The van der Waals surface area contributed by atoms with Crippen molar-refractivity contribution in [1.29, 1.82) is 0 Å². The summed E-state index contributed by atoms with van der Waals surface area (Å²) >= 11 is 0. The van der Waals surface area contributed by atoms with E-state index in [0.717, 1.165) is 54.8 Å². The molecule has 0 spiro atoms. The standard InChI is InChI=1S/C22H23N3O2/c1-2-7-21(26)27-25-19-13-6-12-18-22(19)20(24-23-18)14-16-10-5-9-15-8-3-4-11-17(15)16/h3-5,8-11H,2,6-7,12-14H2,1H3,(H,23,24)/b25-19+. The lowest BCUT2D eigenvalue weighted by Gasteiger charge is -2.14. The van der Waals surface area contributed by atoms with Crippen LogP contribution in [-0.2, 0) is 22.5 Å². The minimum absolute atomic E-state index is 0.281. The van der Waals surface area contributed by atoms with E-state index in [4.69, 9.17) is 4.84 Å². The molecule has 4 rings (SSSR count). The van der Waals surface area contributed by atoms with Crippen molar-refractivity contribution in [2.75, 3.05) is 0 Å². The fraction of sp³-hybridized carbons (Fsp3) is 0.318. The average Bonchev–Trinajstić information content (AvgIpc) is 3.10. The van der Waals surface area contributed by atoms with Gasteiger partial charge in [-0.2, -0.15) is 5.10 Å². The first-order chi connectivity index (χ1) is 13.3. The van der Waals surface area contributed by atoms with Crippen LogP contribution < -0.4 is 0 Å². The van der Waals surface area contributed by atoms with Crippen LogP contribution in [0.2, 0.25) is 0 Å². The van der Waals surface area contributed by atoms with Crippen LogP contribution in [0.15, 0.2) is 47.6 Å². The van der Waals surface area contributed by atoms with E-state index in [0.29, 0.717) is 6.42 Å². The predicted molar refractivity (Wildman–Crippen MR) is 106 cm³/mol. The summed E-state index contributed by atoms with van der Waals surface area (Å²) in [6.07, 6.45) is 4.58. The molecule has 27 heavy (non-hydrogen) atoms. The Balaban J connectivity index is 1.66. The molecule has 0 amide bonds. The number of aromatic amines is 1. The molecule has 0 bridgehead atoms. The van der Waals surface area contributed by atoms with Crippen molar-refractivity contribution in [2.24, 2.45) is 5.16 Å². The zero-order chi connectivity index (χ0) is 18.6. The minimum atomic E-state index is -0.281. The monoisotopic (exact) mass is 361 g/mol. The number of aryl methyl sites for hydroxylation is 1. The largest absolute Gasteiger partial charge is 0.335 e. The van der Waals surface area contributed by atoms with Crippen molar-refractivity contribution in [2.45, 2.75) is 45.4 Å². The number of H-pyrrole nitrogens is 1. The van der Waals surface area contributed by atoms with Crippen LogP contribution >= 0.6 is 0 Å². The summed E-state index contributed by atoms with van der Waals surface area (Å²) in [6.45, 7) is 1.95. The van der Waals surface area contributed by atoms with Gasteiger partial charge in [0.15, 0.2) is 0 Å². The van der Waals surface area contributed by atoms with E-state index < -0.39 is 0 Å². The number of aromatic nitrogens is 2. The molecule has 1 aliphatic carbocycles. The Bertz CT molecular complexity index is 998. The fourth-order valence-corrected chi connectivity index (χ4v) is 3.70. The fourth-order valence-electron chi connectivity index (χ4n) is 3.70. The Labute approximate surface area is 158 Å². The van der Waals surface area contributed by atoms with Gasteiger partial charge >= 0.3 is 5.97 Å². The third-order valence-electron chi connectivity index (χ3n) is 4.99. The van der Waals surface area contributed by atoms with Gasteiger partial charge in [0.25, 0.3) is 0 Å². The van der Waals surface area contributed by atoms with Gasteiger partial charge in [-0.3, -0.25) is 5.10 Å². The molecule has 1 aliphatic rings. The molecule has 0 fully saturated rings. The predicted octanol–water partition coefficient (Wildman–Crippen LogP) is 4.54. The highest BCUT2D eigenvalue weighted by atomic mass is 16.7. The number of nitrogens with one attached hydrogen (secondary N) is 1. The summed E-state index contributed by atoms with van der Waals surface area (Å²) in [5.74, 6) is -0.281. The van der Waals surface area contributed by atoms with Crippen LogP contribution in [-0.4, -0.2) is 21.9 Å².